The number of esters is 1. The molecule has 1 aliphatic rings. The molecule has 1 fully saturated rings. The van der Waals surface area contributed by atoms with Gasteiger partial charge in [-0.2, -0.15) is 0 Å². The van der Waals surface area contributed by atoms with Gasteiger partial charge in [-0.05, 0) is 51.0 Å². The van der Waals surface area contributed by atoms with E-state index in [0.717, 1.165) is 5.56 Å². The first-order valence-electron chi connectivity index (χ1n) is 10.8. The average molecular weight is 495 g/mol. The Kier molecular flexibility index (Phi) is 10.7. The van der Waals surface area contributed by atoms with Crippen LogP contribution in [0.4, 0.5) is 0 Å². The molecule has 33 heavy (non-hydrogen) atoms. The van der Waals surface area contributed by atoms with Crippen LogP contribution in [0.5, 0.6) is 11.5 Å². The highest BCUT2D eigenvalue weighted by Gasteiger charge is 2.31. The molecule has 0 aliphatic carbocycles. The molecule has 180 valence electrons. The van der Waals surface area contributed by atoms with E-state index < -0.39 is 0 Å². The predicted octanol–water partition coefficient (Wildman–Crippen LogP) is 3.49. The molecule has 0 radical (unpaired) electrons. The number of benzene rings is 1. The second-order valence-corrected chi connectivity index (χ2v) is 8.68. The third kappa shape index (κ3) is 7.46. The third-order valence-electron chi connectivity index (χ3n) is 4.89. The zero-order chi connectivity index (χ0) is 24.4. The molecule has 1 saturated heterocycles. The number of carbonyl (C=O) groups excluding carboxylic acids is 3. The lowest BCUT2D eigenvalue weighted by atomic mass is 10.2. The van der Waals surface area contributed by atoms with Gasteiger partial charge in [0.1, 0.15) is 4.32 Å². The third-order valence-corrected chi connectivity index (χ3v) is 6.27. The first-order chi connectivity index (χ1) is 15.8. The second-order valence-electron chi connectivity index (χ2n) is 7.01. The van der Waals surface area contributed by atoms with E-state index in [1.807, 2.05) is 13.8 Å². The summed E-state index contributed by atoms with van der Waals surface area (Å²) < 4.78 is 16.4. The Balaban J connectivity index is 2.04. The number of likely N-dealkylation sites (N-methyl/N-ethyl adjacent to an activating group) is 1. The van der Waals surface area contributed by atoms with Crippen molar-refractivity contribution in [3.63, 3.8) is 0 Å². The molecular weight excluding hydrogens is 464 g/mol. The fourth-order valence-electron chi connectivity index (χ4n) is 3.16. The summed E-state index contributed by atoms with van der Waals surface area (Å²) in [6.07, 6.45) is 2.45. The maximum Gasteiger partial charge on any atom is 0.305 e. The van der Waals surface area contributed by atoms with Gasteiger partial charge >= 0.3 is 5.97 Å². The molecule has 1 aromatic carbocycles. The lowest BCUT2D eigenvalue weighted by Crippen LogP contribution is -2.34. The summed E-state index contributed by atoms with van der Waals surface area (Å²) in [4.78, 5) is 40.1. The van der Waals surface area contributed by atoms with Crippen LogP contribution in [0.3, 0.4) is 0 Å². The van der Waals surface area contributed by atoms with Crippen LogP contribution in [-0.2, 0) is 19.1 Å². The van der Waals surface area contributed by atoms with Crippen molar-refractivity contribution < 1.29 is 28.6 Å². The number of carbonyl (C=O) groups is 3. The van der Waals surface area contributed by atoms with Crippen LogP contribution in [0.1, 0.15) is 39.2 Å². The van der Waals surface area contributed by atoms with Gasteiger partial charge in [-0.1, -0.05) is 30.0 Å². The largest absolute Gasteiger partial charge is 0.493 e. The molecule has 2 rings (SSSR count). The molecule has 1 aromatic rings. The van der Waals surface area contributed by atoms with Crippen molar-refractivity contribution in [3.05, 3.63) is 28.7 Å². The highest BCUT2D eigenvalue weighted by atomic mass is 32.2. The van der Waals surface area contributed by atoms with Gasteiger partial charge < -0.3 is 19.1 Å². The van der Waals surface area contributed by atoms with E-state index in [1.54, 1.807) is 36.1 Å². The molecule has 0 bridgehead atoms. The Morgan fingerprint density at radius 2 is 1.91 bits per heavy atom. The Hall–Kier alpha value is -2.59. The maximum atomic E-state index is 12.8. The van der Waals surface area contributed by atoms with Crippen molar-refractivity contribution in [1.29, 1.82) is 0 Å². The molecule has 1 aliphatic heterocycles. The number of hydrogen-bond donors (Lipinski definition) is 0. The average Bonchev–Trinajstić information content (AvgIpc) is 3.06. The van der Waals surface area contributed by atoms with Crippen molar-refractivity contribution in [1.82, 2.24) is 9.80 Å². The highest BCUT2D eigenvalue weighted by molar-refractivity contribution is 8.26. The lowest BCUT2D eigenvalue weighted by molar-refractivity contribution is -0.143. The molecule has 0 spiro atoms. The van der Waals surface area contributed by atoms with Crippen LogP contribution in [-0.4, -0.2) is 71.9 Å². The lowest BCUT2D eigenvalue weighted by Gasteiger charge is -2.19. The van der Waals surface area contributed by atoms with Crippen LogP contribution >= 0.6 is 24.0 Å². The van der Waals surface area contributed by atoms with Gasteiger partial charge in [0.25, 0.3) is 11.8 Å². The van der Waals surface area contributed by atoms with E-state index in [-0.39, 0.29) is 30.8 Å². The molecule has 2 amide bonds. The standard InChI is InChI=1S/C23H30N2O6S2/c1-5-24(6-2)20(26)15-31-17-11-10-16(13-18(17)29-4)14-19-22(28)25(23(32)33-19)12-8-9-21(27)30-7-3/h10-11,13-14H,5-9,12,15H2,1-4H3/b19-14+. The molecule has 0 atom stereocenters. The molecule has 1 heterocycles. The molecule has 0 aromatic heterocycles. The molecule has 10 heteroatoms. The van der Waals surface area contributed by atoms with Crippen LogP contribution in [0.15, 0.2) is 23.1 Å². The van der Waals surface area contributed by atoms with Gasteiger partial charge in [0.05, 0.1) is 18.6 Å². The van der Waals surface area contributed by atoms with E-state index >= 15 is 0 Å². The number of thiocarbonyl (C=S) groups is 1. The minimum atomic E-state index is -0.285. The van der Waals surface area contributed by atoms with E-state index in [4.69, 9.17) is 26.4 Å². The van der Waals surface area contributed by atoms with Crippen molar-refractivity contribution in [2.75, 3.05) is 40.0 Å². The van der Waals surface area contributed by atoms with Gasteiger partial charge in [-0.3, -0.25) is 19.3 Å². The van der Waals surface area contributed by atoms with E-state index in [2.05, 4.69) is 0 Å². The van der Waals surface area contributed by atoms with Gasteiger partial charge in [0, 0.05) is 26.1 Å². The first-order valence-corrected chi connectivity index (χ1v) is 12.1. The Labute approximate surface area is 204 Å². The number of methoxy groups -OCH3 is 1. The summed E-state index contributed by atoms with van der Waals surface area (Å²) in [5.41, 5.74) is 0.737. The van der Waals surface area contributed by atoms with Crippen molar-refractivity contribution in [3.8, 4) is 11.5 Å². The summed E-state index contributed by atoms with van der Waals surface area (Å²) in [7, 11) is 1.52. The van der Waals surface area contributed by atoms with Crippen LogP contribution in [0, 0.1) is 0 Å². The monoisotopic (exact) mass is 494 g/mol. The van der Waals surface area contributed by atoms with Crippen molar-refractivity contribution in [2.24, 2.45) is 0 Å². The van der Waals surface area contributed by atoms with E-state index in [9.17, 15) is 14.4 Å². The van der Waals surface area contributed by atoms with Crippen LogP contribution in [0.25, 0.3) is 6.08 Å². The topological polar surface area (TPSA) is 85.4 Å². The normalized spacial score (nSPS) is 14.5. The summed E-state index contributed by atoms with van der Waals surface area (Å²) in [5, 5.41) is 0. The molecule has 8 nitrogen and oxygen atoms in total. The van der Waals surface area contributed by atoms with Crippen LogP contribution < -0.4 is 9.47 Å². The first kappa shape index (κ1) is 26.7. The molecule has 0 saturated carbocycles. The molecule has 0 N–H and O–H groups in total. The Morgan fingerprint density at radius 1 is 1.18 bits per heavy atom. The second kappa shape index (κ2) is 13.2. The molecular formula is C23H30N2O6S2. The minimum Gasteiger partial charge on any atom is -0.493 e. The summed E-state index contributed by atoms with van der Waals surface area (Å²) >= 11 is 6.56. The molecule has 0 unspecified atom stereocenters. The summed E-state index contributed by atoms with van der Waals surface area (Å²) in [6.45, 7) is 7.44. The minimum absolute atomic E-state index is 0.0815. The van der Waals surface area contributed by atoms with Gasteiger partial charge in [-0.25, -0.2) is 0 Å². The number of rotatable bonds is 12. The van der Waals surface area contributed by atoms with Gasteiger partial charge in [-0.15, -0.1) is 0 Å². The number of thioether (sulfide) groups is 1. The van der Waals surface area contributed by atoms with Crippen molar-refractivity contribution in [2.45, 2.75) is 33.6 Å². The van der Waals surface area contributed by atoms with Crippen LogP contribution in [0.2, 0.25) is 0 Å². The zero-order valence-electron chi connectivity index (χ0n) is 19.4. The summed E-state index contributed by atoms with van der Waals surface area (Å²) in [5.74, 6) is 0.324. The zero-order valence-corrected chi connectivity index (χ0v) is 21.1. The number of amides is 2. The highest BCUT2D eigenvalue weighted by Crippen LogP contribution is 2.35. The SMILES string of the molecule is CCOC(=O)CCCN1C(=O)/C(=C\c2ccc(OCC(=O)N(CC)CC)c(OC)c2)SC1=S. The number of hydrogen-bond acceptors (Lipinski definition) is 8. The predicted molar refractivity (Wildman–Crippen MR) is 132 cm³/mol. The van der Waals surface area contributed by atoms with Gasteiger partial charge in [0.2, 0.25) is 0 Å². The van der Waals surface area contributed by atoms with Crippen molar-refractivity contribution >= 4 is 52.2 Å². The van der Waals surface area contributed by atoms with E-state index in [1.165, 1.54) is 23.8 Å². The number of nitrogens with zero attached hydrogens (tertiary/aromatic N) is 2. The Bertz CT molecular complexity index is 914. The maximum absolute atomic E-state index is 12.8. The fraction of sp³-hybridized carbons (Fsp3) is 0.478. The quantitative estimate of drug-likeness (QED) is 0.248. The fourth-order valence-corrected chi connectivity index (χ4v) is 4.47. The number of ether oxygens (including phenoxy) is 3. The summed E-state index contributed by atoms with van der Waals surface area (Å²) in [6, 6.07) is 5.23. The Morgan fingerprint density at radius 3 is 2.55 bits per heavy atom. The smallest absolute Gasteiger partial charge is 0.305 e. The van der Waals surface area contributed by atoms with E-state index in [0.29, 0.717) is 53.4 Å². The van der Waals surface area contributed by atoms with Gasteiger partial charge in [0.15, 0.2) is 18.1 Å².